The third kappa shape index (κ3) is 3.72. The van der Waals surface area contributed by atoms with E-state index in [1.54, 1.807) is 0 Å². The van der Waals surface area contributed by atoms with Crippen LogP contribution in [0.25, 0.3) is 0 Å². The Morgan fingerprint density at radius 2 is 2.06 bits per heavy atom. The zero-order valence-electron chi connectivity index (χ0n) is 8.85. The Bertz CT molecular complexity index is 472. The average molecular weight is 263 g/mol. The number of nitro benzene ring substituents is 1. The third-order valence-electron chi connectivity index (χ3n) is 2.22. The second kappa shape index (κ2) is 5.03. The van der Waals surface area contributed by atoms with Crippen LogP contribution in [0.15, 0.2) is 24.3 Å². The van der Waals surface area contributed by atoms with E-state index in [1.165, 1.54) is 0 Å². The van der Waals surface area contributed by atoms with Gasteiger partial charge in [-0.05, 0) is 5.56 Å². The normalized spacial score (nSPS) is 13.1. The van der Waals surface area contributed by atoms with E-state index in [1.807, 2.05) is 0 Å². The summed E-state index contributed by atoms with van der Waals surface area (Å²) in [5.74, 6) is -3.52. The van der Waals surface area contributed by atoms with Crippen LogP contribution in [0.3, 0.4) is 0 Å². The number of benzene rings is 1. The number of carbonyl (C=O) groups is 1. The quantitative estimate of drug-likeness (QED) is 0.669. The molecule has 1 atom stereocenters. The van der Waals surface area contributed by atoms with Crippen molar-refractivity contribution >= 4 is 11.7 Å². The highest BCUT2D eigenvalue weighted by Crippen LogP contribution is 2.32. The predicted octanol–water partition coefficient (Wildman–Crippen LogP) is 2.72. The van der Waals surface area contributed by atoms with Crippen molar-refractivity contribution in [2.75, 3.05) is 0 Å². The first-order valence-electron chi connectivity index (χ1n) is 4.74. The summed E-state index contributed by atoms with van der Waals surface area (Å²) in [7, 11) is 0. The van der Waals surface area contributed by atoms with Crippen LogP contribution in [0.2, 0.25) is 0 Å². The smallest absolute Gasteiger partial charge is 0.390 e. The van der Waals surface area contributed by atoms with Gasteiger partial charge in [-0.15, -0.1) is 0 Å². The van der Waals surface area contributed by atoms with Crippen LogP contribution in [-0.2, 0) is 4.79 Å². The van der Waals surface area contributed by atoms with Crippen molar-refractivity contribution in [2.45, 2.75) is 18.5 Å². The van der Waals surface area contributed by atoms with Crippen molar-refractivity contribution < 1.29 is 28.0 Å². The molecule has 1 aromatic carbocycles. The number of rotatable bonds is 4. The fraction of sp³-hybridized carbons (Fsp3) is 0.300. The zero-order chi connectivity index (χ0) is 13.9. The molecule has 0 heterocycles. The van der Waals surface area contributed by atoms with Gasteiger partial charge in [-0.3, -0.25) is 14.9 Å². The fourth-order valence-corrected chi connectivity index (χ4v) is 1.43. The molecule has 0 bridgehead atoms. The summed E-state index contributed by atoms with van der Waals surface area (Å²) in [5.41, 5.74) is -0.685. The van der Waals surface area contributed by atoms with Crippen LogP contribution >= 0.6 is 0 Å². The summed E-state index contributed by atoms with van der Waals surface area (Å²) in [6.45, 7) is 0. The van der Waals surface area contributed by atoms with E-state index in [9.17, 15) is 28.1 Å². The van der Waals surface area contributed by atoms with Crippen LogP contribution in [0, 0.1) is 10.1 Å². The topological polar surface area (TPSA) is 80.4 Å². The Morgan fingerprint density at radius 3 is 2.50 bits per heavy atom. The summed E-state index contributed by atoms with van der Waals surface area (Å²) in [4.78, 5) is 20.5. The van der Waals surface area contributed by atoms with Crippen LogP contribution in [0.4, 0.5) is 18.9 Å². The standard InChI is InChI=1S/C10H8F3NO4/c11-10(12,13)5-8(9(15)16)6-2-1-3-7(4-6)14(17)18/h1-4,8H,5H2,(H,15,16)/t8-/m1/s1. The minimum Gasteiger partial charge on any atom is -0.481 e. The maximum atomic E-state index is 12.2. The van der Waals surface area contributed by atoms with Crippen molar-refractivity contribution in [1.82, 2.24) is 0 Å². The number of non-ortho nitro benzene ring substituents is 1. The lowest BCUT2D eigenvalue weighted by Crippen LogP contribution is -2.20. The SMILES string of the molecule is O=C(O)[C@H](CC(F)(F)F)c1cccc([N+](=O)[O-])c1. The summed E-state index contributed by atoms with van der Waals surface area (Å²) < 4.78 is 36.6. The maximum Gasteiger partial charge on any atom is 0.390 e. The molecular weight excluding hydrogens is 255 g/mol. The van der Waals surface area contributed by atoms with Gasteiger partial charge in [0.05, 0.1) is 17.3 Å². The highest BCUT2D eigenvalue weighted by molar-refractivity contribution is 5.76. The Morgan fingerprint density at radius 1 is 1.44 bits per heavy atom. The number of alkyl halides is 3. The number of halogens is 3. The largest absolute Gasteiger partial charge is 0.481 e. The van der Waals surface area contributed by atoms with Gasteiger partial charge in [0.2, 0.25) is 0 Å². The zero-order valence-corrected chi connectivity index (χ0v) is 8.85. The molecule has 18 heavy (non-hydrogen) atoms. The van der Waals surface area contributed by atoms with Crippen LogP contribution < -0.4 is 0 Å². The molecule has 5 nitrogen and oxygen atoms in total. The number of hydrogen-bond acceptors (Lipinski definition) is 3. The molecule has 0 radical (unpaired) electrons. The van der Waals surface area contributed by atoms with Gasteiger partial charge in [0, 0.05) is 12.1 Å². The molecule has 0 aliphatic carbocycles. The molecule has 0 aromatic heterocycles. The molecule has 0 saturated heterocycles. The summed E-state index contributed by atoms with van der Waals surface area (Å²) >= 11 is 0. The lowest BCUT2D eigenvalue weighted by Gasteiger charge is -2.14. The number of carboxylic acid groups (broad SMARTS) is 1. The Hall–Kier alpha value is -2.12. The number of nitro groups is 1. The molecule has 0 unspecified atom stereocenters. The Kier molecular flexibility index (Phi) is 3.89. The molecule has 0 saturated carbocycles. The first kappa shape index (κ1) is 13.9. The summed E-state index contributed by atoms with van der Waals surface area (Å²) in [6, 6.07) is 4.19. The molecule has 0 spiro atoms. The highest BCUT2D eigenvalue weighted by Gasteiger charge is 2.36. The van der Waals surface area contributed by atoms with Gasteiger partial charge in [0.1, 0.15) is 0 Å². The lowest BCUT2D eigenvalue weighted by molar-refractivity contribution is -0.384. The minimum atomic E-state index is -4.66. The highest BCUT2D eigenvalue weighted by atomic mass is 19.4. The molecular formula is C10H8F3NO4. The molecule has 98 valence electrons. The summed E-state index contributed by atoms with van der Waals surface area (Å²) in [6.07, 6.45) is -6.23. The van der Waals surface area contributed by atoms with E-state index < -0.39 is 35.1 Å². The lowest BCUT2D eigenvalue weighted by atomic mass is 9.95. The van der Waals surface area contributed by atoms with Crippen molar-refractivity contribution in [3.05, 3.63) is 39.9 Å². The monoisotopic (exact) mass is 263 g/mol. The first-order chi connectivity index (χ1) is 8.20. The van der Waals surface area contributed by atoms with Crippen LogP contribution in [0.1, 0.15) is 17.9 Å². The average Bonchev–Trinajstić information content (AvgIpc) is 2.24. The van der Waals surface area contributed by atoms with E-state index in [0.717, 1.165) is 24.3 Å². The third-order valence-corrected chi connectivity index (χ3v) is 2.22. The van der Waals surface area contributed by atoms with Gasteiger partial charge in [0.15, 0.2) is 0 Å². The number of hydrogen-bond donors (Lipinski definition) is 1. The first-order valence-corrected chi connectivity index (χ1v) is 4.74. The molecule has 8 heteroatoms. The van der Waals surface area contributed by atoms with Crippen molar-refractivity contribution in [3.63, 3.8) is 0 Å². The minimum absolute atomic E-state index is 0.242. The van der Waals surface area contributed by atoms with Gasteiger partial charge in [0.25, 0.3) is 5.69 Å². The van der Waals surface area contributed by atoms with Crippen molar-refractivity contribution in [3.8, 4) is 0 Å². The van der Waals surface area contributed by atoms with Gasteiger partial charge < -0.3 is 5.11 Å². The molecule has 0 aliphatic heterocycles. The molecule has 1 rings (SSSR count). The molecule has 1 aromatic rings. The van der Waals surface area contributed by atoms with E-state index in [4.69, 9.17) is 5.11 Å². The second-order valence-electron chi connectivity index (χ2n) is 3.56. The molecule has 0 aliphatic rings. The van der Waals surface area contributed by atoms with E-state index in [2.05, 4.69) is 0 Å². The van der Waals surface area contributed by atoms with Crippen molar-refractivity contribution in [1.29, 1.82) is 0 Å². The second-order valence-corrected chi connectivity index (χ2v) is 3.56. The Labute approximate surface area is 99.0 Å². The number of aliphatic carboxylic acids is 1. The van der Waals surface area contributed by atoms with Crippen LogP contribution in [0.5, 0.6) is 0 Å². The molecule has 1 N–H and O–H groups in total. The van der Waals surface area contributed by atoms with Gasteiger partial charge in [-0.1, -0.05) is 12.1 Å². The Balaban J connectivity index is 3.10. The van der Waals surface area contributed by atoms with E-state index in [-0.39, 0.29) is 5.56 Å². The van der Waals surface area contributed by atoms with Crippen LogP contribution in [-0.4, -0.2) is 22.2 Å². The maximum absolute atomic E-state index is 12.2. The fourth-order valence-electron chi connectivity index (χ4n) is 1.43. The van der Waals surface area contributed by atoms with E-state index >= 15 is 0 Å². The van der Waals surface area contributed by atoms with Gasteiger partial charge in [-0.25, -0.2) is 0 Å². The number of nitrogens with zero attached hydrogens (tertiary/aromatic N) is 1. The van der Waals surface area contributed by atoms with Gasteiger partial charge >= 0.3 is 12.1 Å². The summed E-state index contributed by atoms with van der Waals surface area (Å²) in [5, 5.41) is 19.2. The van der Waals surface area contributed by atoms with Gasteiger partial charge in [-0.2, -0.15) is 13.2 Å². The predicted molar refractivity (Wildman–Crippen MR) is 54.1 cm³/mol. The molecule has 0 amide bonds. The van der Waals surface area contributed by atoms with E-state index in [0.29, 0.717) is 0 Å². The number of carboxylic acids is 1. The molecule has 0 fully saturated rings. The van der Waals surface area contributed by atoms with Crippen molar-refractivity contribution in [2.24, 2.45) is 0 Å².